The number of rotatable bonds is 5. The molecule has 1 aliphatic rings. The number of pyridine rings is 2. The standard InChI is InChI=1S/C21H22N8O/c1-13-11-23-19-20(24-13)28-21(27-19)26-15-6-5-14(10-15)25-17-8-7-16(12-22-17)29-9-3-2-4-18(29)30/h2-4,7-9,11-12,14-15H,5-6,10H2,1H3,(H,22,25)(H2,23,24,26,27,28)/t14-,15-/m0/s1. The Morgan fingerprint density at radius 1 is 1.03 bits per heavy atom. The molecule has 0 aromatic carbocycles. The van der Waals surface area contributed by atoms with Crippen molar-refractivity contribution in [3.05, 3.63) is 65.0 Å². The van der Waals surface area contributed by atoms with E-state index in [0.717, 1.165) is 36.5 Å². The van der Waals surface area contributed by atoms with Crippen LogP contribution in [0.3, 0.4) is 0 Å². The van der Waals surface area contributed by atoms with E-state index in [1.807, 2.05) is 25.1 Å². The van der Waals surface area contributed by atoms with Gasteiger partial charge in [-0.1, -0.05) is 6.07 Å². The van der Waals surface area contributed by atoms with E-state index < -0.39 is 0 Å². The molecule has 3 N–H and O–H groups in total. The van der Waals surface area contributed by atoms with Crippen LogP contribution < -0.4 is 16.2 Å². The molecular formula is C21H22N8O. The van der Waals surface area contributed by atoms with E-state index in [-0.39, 0.29) is 5.56 Å². The fourth-order valence-electron chi connectivity index (χ4n) is 3.85. The van der Waals surface area contributed by atoms with Gasteiger partial charge in [-0.2, -0.15) is 4.98 Å². The second kappa shape index (κ2) is 7.58. The molecule has 9 heteroatoms. The molecule has 30 heavy (non-hydrogen) atoms. The fraction of sp³-hybridized carbons (Fsp3) is 0.286. The highest BCUT2D eigenvalue weighted by atomic mass is 16.1. The summed E-state index contributed by atoms with van der Waals surface area (Å²) in [5.41, 5.74) is 2.86. The molecule has 152 valence electrons. The lowest BCUT2D eigenvalue weighted by molar-refractivity contribution is 0.718. The molecule has 4 aromatic rings. The molecule has 4 heterocycles. The van der Waals surface area contributed by atoms with Gasteiger partial charge in [0.15, 0.2) is 11.3 Å². The lowest BCUT2D eigenvalue weighted by Gasteiger charge is -2.15. The largest absolute Gasteiger partial charge is 0.367 e. The molecule has 4 aromatic heterocycles. The number of fused-ring (bicyclic) bond motifs is 1. The zero-order valence-corrected chi connectivity index (χ0v) is 16.5. The van der Waals surface area contributed by atoms with Crippen molar-refractivity contribution in [3.8, 4) is 5.69 Å². The lowest BCUT2D eigenvalue weighted by Crippen LogP contribution is -2.21. The third kappa shape index (κ3) is 3.73. The molecule has 0 aliphatic heterocycles. The average Bonchev–Trinajstić information content (AvgIpc) is 3.35. The van der Waals surface area contributed by atoms with Gasteiger partial charge in [0, 0.05) is 24.3 Å². The van der Waals surface area contributed by atoms with Crippen molar-refractivity contribution >= 4 is 23.1 Å². The predicted molar refractivity (Wildman–Crippen MR) is 115 cm³/mol. The van der Waals surface area contributed by atoms with Crippen LogP contribution in [-0.4, -0.2) is 41.6 Å². The minimum atomic E-state index is -0.0733. The zero-order chi connectivity index (χ0) is 20.5. The predicted octanol–water partition coefficient (Wildman–Crippen LogP) is 2.65. The van der Waals surface area contributed by atoms with Crippen molar-refractivity contribution in [3.63, 3.8) is 0 Å². The zero-order valence-electron chi connectivity index (χ0n) is 16.5. The van der Waals surface area contributed by atoms with E-state index in [9.17, 15) is 4.79 Å². The summed E-state index contributed by atoms with van der Waals surface area (Å²) in [6.07, 6.45) is 8.20. The van der Waals surface area contributed by atoms with Crippen LogP contribution in [0.15, 0.2) is 53.7 Å². The number of imidazole rings is 1. The van der Waals surface area contributed by atoms with Gasteiger partial charge in [-0.25, -0.2) is 15.0 Å². The van der Waals surface area contributed by atoms with Crippen molar-refractivity contribution in [1.82, 2.24) is 29.5 Å². The van der Waals surface area contributed by atoms with Crippen LogP contribution in [0.5, 0.6) is 0 Å². The van der Waals surface area contributed by atoms with E-state index in [1.165, 1.54) is 6.07 Å². The van der Waals surface area contributed by atoms with Gasteiger partial charge in [0.25, 0.3) is 5.56 Å². The van der Waals surface area contributed by atoms with Crippen LogP contribution in [0.25, 0.3) is 17.0 Å². The Kier molecular flexibility index (Phi) is 4.62. The SMILES string of the molecule is Cc1cnc2nc(N[C@H]3CC[C@H](Nc4ccc(-n5ccccc5=O)cn4)C3)[nH]c2n1. The molecule has 9 nitrogen and oxygen atoms in total. The van der Waals surface area contributed by atoms with E-state index in [2.05, 4.69) is 35.6 Å². The minimum absolute atomic E-state index is 0.0733. The van der Waals surface area contributed by atoms with Gasteiger partial charge < -0.3 is 15.6 Å². The summed E-state index contributed by atoms with van der Waals surface area (Å²) in [5, 5.41) is 6.95. The molecular weight excluding hydrogens is 380 g/mol. The van der Waals surface area contributed by atoms with Gasteiger partial charge in [-0.3, -0.25) is 9.36 Å². The molecule has 1 saturated carbocycles. The number of H-pyrrole nitrogens is 1. The van der Waals surface area contributed by atoms with E-state index in [4.69, 9.17) is 0 Å². The maximum Gasteiger partial charge on any atom is 0.255 e. The van der Waals surface area contributed by atoms with E-state index >= 15 is 0 Å². The number of hydrogen-bond acceptors (Lipinski definition) is 7. The molecule has 1 fully saturated rings. The Labute approximate surface area is 172 Å². The monoisotopic (exact) mass is 402 g/mol. The van der Waals surface area contributed by atoms with Gasteiger partial charge in [0.1, 0.15) is 5.82 Å². The molecule has 0 radical (unpaired) electrons. The fourth-order valence-corrected chi connectivity index (χ4v) is 3.85. The normalized spacial score (nSPS) is 18.6. The molecule has 0 unspecified atom stereocenters. The average molecular weight is 402 g/mol. The Hall–Kier alpha value is -3.75. The van der Waals surface area contributed by atoms with Gasteiger partial charge in [0.2, 0.25) is 5.95 Å². The van der Waals surface area contributed by atoms with Crippen LogP contribution >= 0.6 is 0 Å². The van der Waals surface area contributed by atoms with E-state index in [0.29, 0.717) is 29.3 Å². The van der Waals surface area contributed by atoms with Crippen LogP contribution in [0.4, 0.5) is 11.8 Å². The van der Waals surface area contributed by atoms with Gasteiger partial charge in [0.05, 0.1) is 23.8 Å². The first-order valence-electron chi connectivity index (χ1n) is 10.0. The minimum Gasteiger partial charge on any atom is -0.367 e. The first-order chi connectivity index (χ1) is 14.6. The Morgan fingerprint density at radius 2 is 1.90 bits per heavy atom. The molecule has 5 rings (SSSR count). The molecule has 1 aliphatic carbocycles. The summed E-state index contributed by atoms with van der Waals surface area (Å²) < 4.78 is 1.57. The van der Waals surface area contributed by atoms with Crippen LogP contribution in [0.2, 0.25) is 0 Å². The first-order valence-corrected chi connectivity index (χ1v) is 10.0. The second-order valence-corrected chi connectivity index (χ2v) is 7.58. The third-order valence-corrected chi connectivity index (χ3v) is 5.30. The summed E-state index contributed by atoms with van der Waals surface area (Å²) >= 11 is 0. The Balaban J connectivity index is 1.21. The summed E-state index contributed by atoms with van der Waals surface area (Å²) in [5.74, 6) is 1.51. The first kappa shape index (κ1) is 18.3. The number of anilines is 2. The number of hydrogen-bond donors (Lipinski definition) is 3. The number of nitrogens with zero attached hydrogens (tertiary/aromatic N) is 5. The summed E-state index contributed by atoms with van der Waals surface area (Å²) in [6, 6.07) is 9.54. The number of aromatic amines is 1. The van der Waals surface area contributed by atoms with Crippen molar-refractivity contribution in [2.45, 2.75) is 38.3 Å². The van der Waals surface area contributed by atoms with Crippen LogP contribution in [-0.2, 0) is 0 Å². The van der Waals surface area contributed by atoms with E-state index in [1.54, 1.807) is 29.2 Å². The highest BCUT2D eigenvalue weighted by Crippen LogP contribution is 2.25. The number of nitrogens with one attached hydrogen (secondary N) is 3. The highest BCUT2D eigenvalue weighted by molar-refractivity contribution is 5.68. The van der Waals surface area contributed by atoms with Gasteiger partial charge >= 0.3 is 0 Å². The maximum absolute atomic E-state index is 11.9. The summed E-state index contributed by atoms with van der Waals surface area (Å²) in [4.78, 5) is 32.8. The van der Waals surface area contributed by atoms with Gasteiger partial charge in [-0.15, -0.1) is 0 Å². The third-order valence-electron chi connectivity index (χ3n) is 5.30. The molecule has 0 spiro atoms. The quantitative estimate of drug-likeness (QED) is 0.470. The van der Waals surface area contributed by atoms with Crippen molar-refractivity contribution in [2.75, 3.05) is 10.6 Å². The van der Waals surface area contributed by atoms with Crippen LogP contribution in [0.1, 0.15) is 25.0 Å². The number of aromatic nitrogens is 6. The molecule has 0 saturated heterocycles. The number of aryl methyl sites for hydroxylation is 1. The lowest BCUT2D eigenvalue weighted by atomic mass is 10.2. The molecule has 0 amide bonds. The Bertz CT molecular complexity index is 1230. The maximum atomic E-state index is 11.9. The van der Waals surface area contributed by atoms with Crippen molar-refractivity contribution in [1.29, 1.82) is 0 Å². The van der Waals surface area contributed by atoms with Gasteiger partial charge in [-0.05, 0) is 44.4 Å². The van der Waals surface area contributed by atoms with Crippen molar-refractivity contribution in [2.24, 2.45) is 0 Å². The van der Waals surface area contributed by atoms with Crippen LogP contribution in [0, 0.1) is 6.92 Å². The smallest absolute Gasteiger partial charge is 0.255 e. The van der Waals surface area contributed by atoms with Crippen molar-refractivity contribution < 1.29 is 0 Å². The Morgan fingerprint density at radius 3 is 2.70 bits per heavy atom. The highest BCUT2D eigenvalue weighted by Gasteiger charge is 2.25. The topological polar surface area (TPSA) is 113 Å². The summed E-state index contributed by atoms with van der Waals surface area (Å²) in [7, 11) is 0. The molecule has 0 bridgehead atoms. The second-order valence-electron chi connectivity index (χ2n) is 7.58. The summed E-state index contributed by atoms with van der Waals surface area (Å²) in [6.45, 7) is 1.91. The molecule has 2 atom stereocenters.